The molecule has 2 amide bonds. The van der Waals surface area contributed by atoms with E-state index < -0.39 is 5.97 Å². The topological polar surface area (TPSA) is 110 Å². The highest BCUT2D eigenvalue weighted by Gasteiger charge is 2.09. The maximum Gasteiger partial charge on any atom is 0.371 e. The molecule has 0 bridgehead atoms. The summed E-state index contributed by atoms with van der Waals surface area (Å²) in [6.07, 6.45) is 0. The van der Waals surface area contributed by atoms with Gasteiger partial charge in [-0.3, -0.25) is 0 Å². The van der Waals surface area contributed by atoms with Gasteiger partial charge in [-0.15, -0.1) is 0 Å². The zero-order valence-corrected chi connectivity index (χ0v) is 11.2. The first-order valence-corrected chi connectivity index (χ1v) is 6.04. The van der Waals surface area contributed by atoms with Gasteiger partial charge < -0.3 is 29.6 Å². The maximum atomic E-state index is 11.4. The van der Waals surface area contributed by atoms with Crippen molar-refractivity contribution in [2.24, 2.45) is 0 Å². The summed E-state index contributed by atoms with van der Waals surface area (Å²) in [6.45, 7) is 1.86. The normalized spacial score (nSPS) is 10.2. The van der Waals surface area contributed by atoms with Crippen molar-refractivity contribution in [1.29, 1.82) is 0 Å². The maximum absolute atomic E-state index is 11.4. The Hall–Kier alpha value is -2.06. The molecule has 0 spiro atoms. The lowest BCUT2D eigenvalue weighted by molar-refractivity contribution is 0.0660. The average Bonchev–Trinajstić information content (AvgIpc) is 2.89. The van der Waals surface area contributed by atoms with Crippen molar-refractivity contribution < 1.29 is 28.6 Å². The van der Waals surface area contributed by atoms with Crippen LogP contribution in [-0.4, -0.2) is 50.6 Å². The number of methoxy groups -OCH3 is 1. The minimum Gasteiger partial charge on any atom is -0.475 e. The highest BCUT2D eigenvalue weighted by molar-refractivity contribution is 5.84. The Labute approximate surface area is 116 Å². The molecule has 1 rings (SSSR count). The summed E-state index contributed by atoms with van der Waals surface area (Å²) in [7, 11) is 1.58. The summed E-state index contributed by atoms with van der Waals surface area (Å²) in [5, 5.41) is 13.8. The zero-order chi connectivity index (χ0) is 14.8. The van der Waals surface area contributed by atoms with Crippen LogP contribution in [-0.2, 0) is 16.0 Å². The number of aromatic carboxylic acids is 1. The number of urea groups is 1. The molecule has 0 saturated carbocycles. The molecule has 112 valence electrons. The lowest BCUT2D eigenvalue weighted by Gasteiger charge is -2.07. The Balaban J connectivity index is 2.11. The van der Waals surface area contributed by atoms with Crippen LogP contribution in [0.1, 0.15) is 16.3 Å². The molecule has 3 N–H and O–H groups in total. The van der Waals surface area contributed by atoms with E-state index >= 15 is 0 Å². The number of amides is 2. The number of carboxylic acid groups (broad SMARTS) is 1. The number of furan rings is 1. The fraction of sp³-hybridized carbons (Fsp3) is 0.500. The van der Waals surface area contributed by atoms with Crippen LogP contribution in [0, 0.1) is 0 Å². The summed E-state index contributed by atoms with van der Waals surface area (Å²) in [5.41, 5.74) is 0. The van der Waals surface area contributed by atoms with Crippen molar-refractivity contribution in [2.45, 2.75) is 6.54 Å². The molecule has 0 aromatic carbocycles. The van der Waals surface area contributed by atoms with Gasteiger partial charge in [0.25, 0.3) is 0 Å². The average molecular weight is 286 g/mol. The van der Waals surface area contributed by atoms with E-state index in [4.69, 9.17) is 19.0 Å². The SMILES string of the molecule is COCCOCCNC(=O)NCc1ccc(C(=O)O)o1. The van der Waals surface area contributed by atoms with Gasteiger partial charge >= 0.3 is 12.0 Å². The Morgan fingerprint density at radius 2 is 2.05 bits per heavy atom. The highest BCUT2D eigenvalue weighted by atomic mass is 16.5. The van der Waals surface area contributed by atoms with E-state index in [-0.39, 0.29) is 18.3 Å². The van der Waals surface area contributed by atoms with Gasteiger partial charge in [-0.05, 0) is 12.1 Å². The molecule has 0 radical (unpaired) electrons. The largest absolute Gasteiger partial charge is 0.475 e. The van der Waals surface area contributed by atoms with Gasteiger partial charge in [0.15, 0.2) is 0 Å². The number of hydrogen-bond acceptors (Lipinski definition) is 5. The molecular formula is C12H18N2O6. The second-order valence-corrected chi connectivity index (χ2v) is 3.79. The molecule has 0 aliphatic heterocycles. The molecule has 0 atom stereocenters. The first-order valence-electron chi connectivity index (χ1n) is 6.04. The molecular weight excluding hydrogens is 268 g/mol. The molecule has 0 aliphatic carbocycles. The molecule has 0 fully saturated rings. The van der Waals surface area contributed by atoms with Gasteiger partial charge in [0.05, 0.1) is 26.4 Å². The van der Waals surface area contributed by atoms with Crippen LogP contribution in [0.3, 0.4) is 0 Å². The first kappa shape index (κ1) is 16.0. The number of rotatable bonds is 9. The number of ether oxygens (including phenoxy) is 2. The molecule has 0 saturated heterocycles. The Kier molecular flexibility index (Phi) is 7.15. The van der Waals surface area contributed by atoms with Crippen LogP contribution in [0.25, 0.3) is 0 Å². The van der Waals surface area contributed by atoms with Crippen LogP contribution in [0.15, 0.2) is 16.5 Å². The van der Waals surface area contributed by atoms with E-state index in [1.54, 1.807) is 7.11 Å². The van der Waals surface area contributed by atoms with Crippen molar-refractivity contribution in [1.82, 2.24) is 10.6 Å². The van der Waals surface area contributed by atoms with Crippen LogP contribution >= 0.6 is 0 Å². The van der Waals surface area contributed by atoms with Crippen molar-refractivity contribution >= 4 is 12.0 Å². The number of nitrogens with one attached hydrogen (secondary N) is 2. The van der Waals surface area contributed by atoms with Crippen LogP contribution in [0.2, 0.25) is 0 Å². The van der Waals surface area contributed by atoms with Gasteiger partial charge in [0.1, 0.15) is 5.76 Å². The van der Waals surface area contributed by atoms with Gasteiger partial charge in [-0.25, -0.2) is 9.59 Å². The summed E-state index contributed by atoms with van der Waals surface area (Å²) >= 11 is 0. The van der Waals surface area contributed by atoms with E-state index in [0.29, 0.717) is 32.1 Å². The van der Waals surface area contributed by atoms with Crippen molar-refractivity contribution in [3.63, 3.8) is 0 Å². The predicted molar refractivity (Wildman–Crippen MR) is 68.6 cm³/mol. The van der Waals surface area contributed by atoms with Crippen LogP contribution in [0.5, 0.6) is 0 Å². The highest BCUT2D eigenvalue weighted by Crippen LogP contribution is 2.07. The molecule has 1 heterocycles. The fourth-order valence-corrected chi connectivity index (χ4v) is 1.30. The quantitative estimate of drug-likeness (QED) is 0.568. The molecule has 8 heteroatoms. The number of carboxylic acids is 1. The summed E-state index contributed by atoms with van der Waals surface area (Å²) < 4.78 is 14.9. The Morgan fingerprint density at radius 1 is 1.25 bits per heavy atom. The second kappa shape index (κ2) is 8.94. The third kappa shape index (κ3) is 6.21. The van der Waals surface area contributed by atoms with E-state index in [1.807, 2.05) is 0 Å². The summed E-state index contributed by atoms with van der Waals surface area (Å²) in [4.78, 5) is 22.0. The van der Waals surface area contributed by atoms with Gasteiger partial charge in [0, 0.05) is 13.7 Å². The van der Waals surface area contributed by atoms with E-state index in [0.717, 1.165) is 0 Å². The van der Waals surface area contributed by atoms with Crippen LogP contribution < -0.4 is 10.6 Å². The fourth-order valence-electron chi connectivity index (χ4n) is 1.30. The number of carbonyl (C=O) groups is 2. The third-order valence-electron chi connectivity index (χ3n) is 2.26. The Bertz CT molecular complexity index is 431. The minimum absolute atomic E-state index is 0.115. The molecule has 8 nitrogen and oxygen atoms in total. The minimum atomic E-state index is -1.14. The second-order valence-electron chi connectivity index (χ2n) is 3.79. The standard InChI is InChI=1S/C12H18N2O6/c1-18-6-7-19-5-4-13-12(17)14-8-9-2-3-10(20-9)11(15)16/h2-3H,4-8H2,1H3,(H,15,16)(H2,13,14,17). The molecule has 0 unspecified atom stereocenters. The van der Waals surface area contributed by atoms with Gasteiger partial charge in [-0.2, -0.15) is 0 Å². The van der Waals surface area contributed by atoms with E-state index in [9.17, 15) is 9.59 Å². The van der Waals surface area contributed by atoms with Crippen molar-refractivity contribution in [3.05, 3.63) is 23.7 Å². The van der Waals surface area contributed by atoms with Gasteiger partial charge in [0.2, 0.25) is 5.76 Å². The summed E-state index contributed by atoms with van der Waals surface area (Å²) in [6, 6.07) is 2.45. The van der Waals surface area contributed by atoms with Gasteiger partial charge in [-0.1, -0.05) is 0 Å². The predicted octanol–water partition coefficient (Wildman–Crippen LogP) is 0.440. The number of hydrogen-bond donors (Lipinski definition) is 3. The first-order chi connectivity index (χ1) is 9.63. The lowest BCUT2D eigenvalue weighted by Crippen LogP contribution is -2.36. The number of carbonyl (C=O) groups excluding carboxylic acids is 1. The lowest BCUT2D eigenvalue weighted by atomic mass is 10.4. The summed E-state index contributed by atoms with van der Waals surface area (Å²) in [5.74, 6) is -0.934. The zero-order valence-electron chi connectivity index (χ0n) is 11.2. The van der Waals surface area contributed by atoms with Crippen molar-refractivity contribution in [3.8, 4) is 0 Å². The van der Waals surface area contributed by atoms with Crippen molar-refractivity contribution in [2.75, 3.05) is 33.5 Å². The molecule has 1 aromatic rings. The monoisotopic (exact) mass is 286 g/mol. The smallest absolute Gasteiger partial charge is 0.371 e. The molecule has 20 heavy (non-hydrogen) atoms. The van der Waals surface area contributed by atoms with Crippen LogP contribution in [0.4, 0.5) is 4.79 Å². The van der Waals surface area contributed by atoms with E-state index in [2.05, 4.69) is 10.6 Å². The molecule has 0 aliphatic rings. The Morgan fingerprint density at radius 3 is 2.70 bits per heavy atom. The van der Waals surface area contributed by atoms with E-state index in [1.165, 1.54) is 12.1 Å². The molecule has 1 aromatic heterocycles. The third-order valence-corrected chi connectivity index (χ3v) is 2.26.